The second-order valence-corrected chi connectivity index (χ2v) is 5.81. The maximum Gasteiger partial charge on any atom is 0.411 e. The second kappa shape index (κ2) is 9.00. The first-order valence-electron chi connectivity index (χ1n) is 7.79. The van der Waals surface area contributed by atoms with Gasteiger partial charge in [0, 0.05) is 6.54 Å². The van der Waals surface area contributed by atoms with Gasteiger partial charge < -0.3 is 14.1 Å². The molecule has 10 heteroatoms. The van der Waals surface area contributed by atoms with Gasteiger partial charge in [-0.1, -0.05) is 30.7 Å². The first kappa shape index (κ1) is 20.2. The molecule has 0 bridgehead atoms. The van der Waals surface area contributed by atoms with Crippen LogP contribution in [0.3, 0.4) is 0 Å². The zero-order valence-corrected chi connectivity index (χ0v) is 14.7. The first-order chi connectivity index (χ1) is 12.3. The van der Waals surface area contributed by atoms with E-state index >= 15 is 0 Å². The minimum atomic E-state index is -4.48. The Hall–Kier alpha value is -2.13. The largest absolute Gasteiger partial charge is 0.419 e. The van der Waals surface area contributed by atoms with Gasteiger partial charge in [0.05, 0.1) is 17.1 Å². The summed E-state index contributed by atoms with van der Waals surface area (Å²) in [5.74, 6) is -0.242. The lowest BCUT2D eigenvalue weighted by Crippen LogP contribution is -2.35. The minimum absolute atomic E-state index is 0.0283. The summed E-state index contributed by atoms with van der Waals surface area (Å²) in [5, 5.41) is 8.20. The molecule has 6 nitrogen and oxygen atoms in total. The zero-order valence-electron chi connectivity index (χ0n) is 13.9. The van der Waals surface area contributed by atoms with Crippen LogP contribution in [0, 0.1) is 0 Å². The van der Waals surface area contributed by atoms with Gasteiger partial charge in [0.1, 0.15) is 13.2 Å². The van der Waals surface area contributed by atoms with Crippen molar-refractivity contribution in [1.29, 1.82) is 0 Å². The normalized spacial score (nSPS) is 11.6. The summed E-state index contributed by atoms with van der Waals surface area (Å²) in [6.07, 6.45) is -3.87. The number of amides is 1. The number of ether oxygens (including phenoxy) is 1. The van der Waals surface area contributed by atoms with Gasteiger partial charge in [0.25, 0.3) is 0 Å². The summed E-state index contributed by atoms with van der Waals surface area (Å²) >= 11 is 6.07. The molecule has 0 fully saturated rings. The summed E-state index contributed by atoms with van der Waals surface area (Å²) < 4.78 is 46.2. The third kappa shape index (κ3) is 5.99. The highest BCUT2D eigenvalue weighted by Crippen LogP contribution is 2.26. The fourth-order valence-electron chi connectivity index (χ4n) is 2.13. The van der Waals surface area contributed by atoms with Gasteiger partial charge in [-0.05, 0) is 18.6 Å². The van der Waals surface area contributed by atoms with Gasteiger partial charge in [-0.25, -0.2) is 0 Å². The van der Waals surface area contributed by atoms with Crippen LogP contribution in [0.1, 0.15) is 19.2 Å². The number of rotatable bonds is 8. The van der Waals surface area contributed by atoms with Gasteiger partial charge in [0.2, 0.25) is 17.7 Å². The van der Waals surface area contributed by atoms with Crippen molar-refractivity contribution in [2.75, 3.05) is 19.8 Å². The third-order valence-corrected chi connectivity index (χ3v) is 3.56. The summed E-state index contributed by atoms with van der Waals surface area (Å²) in [5.41, 5.74) is 0.551. The monoisotopic (exact) mass is 391 g/mol. The number of aromatic nitrogens is 2. The van der Waals surface area contributed by atoms with E-state index in [1.807, 2.05) is 6.92 Å². The van der Waals surface area contributed by atoms with Crippen molar-refractivity contribution in [1.82, 2.24) is 15.1 Å². The highest BCUT2D eigenvalue weighted by atomic mass is 35.5. The summed E-state index contributed by atoms with van der Waals surface area (Å²) in [4.78, 5) is 13.4. The van der Waals surface area contributed by atoms with E-state index in [0.29, 0.717) is 23.6 Å². The molecule has 142 valence electrons. The number of halogens is 4. The van der Waals surface area contributed by atoms with Crippen LogP contribution in [0.4, 0.5) is 13.2 Å². The fraction of sp³-hybridized carbons (Fsp3) is 0.438. The Labute approximate surface area is 152 Å². The van der Waals surface area contributed by atoms with E-state index in [-0.39, 0.29) is 18.3 Å². The molecule has 0 aliphatic carbocycles. The summed E-state index contributed by atoms with van der Waals surface area (Å²) in [6.45, 7) is -0.0295. The molecule has 0 radical (unpaired) electrons. The number of alkyl halides is 3. The predicted octanol–water partition coefficient (Wildman–Crippen LogP) is 3.71. The van der Waals surface area contributed by atoms with Crippen molar-refractivity contribution >= 4 is 17.5 Å². The van der Waals surface area contributed by atoms with Crippen LogP contribution in [0.2, 0.25) is 5.02 Å². The van der Waals surface area contributed by atoms with Crippen LogP contribution in [0.5, 0.6) is 0 Å². The molecule has 2 aromatic rings. The molecule has 0 aliphatic rings. The standard InChI is InChI=1S/C16H17ClF3N3O3/c1-2-7-23(14(24)9-25-10-16(18,19)20)8-13-21-22-15(26-13)11-5-3-4-6-12(11)17/h3-6H,2,7-10H2,1H3. The van der Waals surface area contributed by atoms with Gasteiger partial charge in [0.15, 0.2) is 0 Å². The molecule has 0 spiro atoms. The Morgan fingerprint density at radius 2 is 2.04 bits per heavy atom. The van der Waals surface area contributed by atoms with E-state index in [1.54, 1.807) is 24.3 Å². The minimum Gasteiger partial charge on any atom is -0.419 e. The number of hydrogen-bond donors (Lipinski definition) is 0. The Balaban J connectivity index is 2.01. The van der Waals surface area contributed by atoms with Crippen LogP contribution in [-0.2, 0) is 16.1 Å². The van der Waals surface area contributed by atoms with E-state index in [2.05, 4.69) is 14.9 Å². The van der Waals surface area contributed by atoms with Crippen molar-refractivity contribution in [2.45, 2.75) is 26.1 Å². The van der Waals surface area contributed by atoms with Gasteiger partial charge >= 0.3 is 6.18 Å². The van der Waals surface area contributed by atoms with Crippen LogP contribution >= 0.6 is 11.6 Å². The quantitative estimate of drug-likeness (QED) is 0.686. The van der Waals surface area contributed by atoms with E-state index in [1.165, 1.54) is 4.90 Å². The topological polar surface area (TPSA) is 68.5 Å². The third-order valence-electron chi connectivity index (χ3n) is 3.23. The lowest BCUT2D eigenvalue weighted by atomic mass is 10.2. The molecule has 0 atom stereocenters. The average Bonchev–Trinajstić information content (AvgIpc) is 3.02. The van der Waals surface area contributed by atoms with Crippen LogP contribution in [0.15, 0.2) is 28.7 Å². The molecular weight excluding hydrogens is 375 g/mol. The summed E-state index contributed by atoms with van der Waals surface area (Å²) in [7, 11) is 0. The molecule has 26 heavy (non-hydrogen) atoms. The van der Waals surface area contributed by atoms with Crippen LogP contribution in [0.25, 0.3) is 11.5 Å². The average molecular weight is 392 g/mol. The van der Waals surface area contributed by atoms with Crippen molar-refractivity contribution in [2.24, 2.45) is 0 Å². The lowest BCUT2D eigenvalue weighted by molar-refractivity contribution is -0.178. The number of carbonyl (C=O) groups excluding carboxylic acids is 1. The van der Waals surface area contributed by atoms with Gasteiger partial charge in [-0.2, -0.15) is 13.2 Å². The number of hydrogen-bond acceptors (Lipinski definition) is 5. The molecule has 2 rings (SSSR count). The molecule has 0 unspecified atom stereocenters. The SMILES string of the molecule is CCCN(Cc1nnc(-c2ccccc2Cl)o1)C(=O)COCC(F)(F)F. The summed E-state index contributed by atoms with van der Waals surface area (Å²) in [6, 6.07) is 6.90. The smallest absolute Gasteiger partial charge is 0.411 e. The van der Waals surface area contributed by atoms with E-state index in [9.17, 15) is 18.0 Å². The molecule has 1 heterocycles. The maximum absolute atomic E-state index is 12.1. The van der Waals surface area contributed by atoms with Crippen molar-refractivity contribution in [3.05, 3.63) is 35.2 Å². The van der Waals surface area contributed by atoms with Crippen molar-refractivity contribution in [3.8, 4) is 11.5 Å². The molecule has 1 aromatic heterocycles. The van der Waals surface area contributed by atoms with E-state index < -0.39 is 25.3 Å². The highest BCUT2D eigenvalue weighted by molar-refractivity contribution is 6.33. The van der Waals surface area contributed by atoms with Crippen LogP contribution in [-0.4, -0.2) is 46.9 Å². The highest BCUT2D eigenvalue weighted by Gasteiger charge is 2.28. The Morgan fingerprint density at radius 1 is 1.31 bits per heavy atom. The molecular formula is C16H17ClF3N3O3. The van der Waals surface area contributed by atoms with Crippen molar-refractivity contribution < 1.29 is 27.1 Å². The first-order valence-corrected chi connectivity index (χ1v) is 8.17. The molecule has 1 amide bonds. The number of nitrogens with zero attached hydrogens (tertiary/aromatic N) is 3. The molecule has 0 saturated heterocycles. The predicted molar refractivity (Wildman–Crippen MR) is 87.3 cm³/mol. The fourth-order valence-corrected chi connectivity index (χ4v) is 2.35. The Kier molecular flexibility index (Phi) is 6.98. The van der Waals surface area contributed by atoms with E-state index in [0.717, 1.165) is 0 Å². The zero-order chi connectivity index (χ0) is 19.2. The van der Waals surface area contributed by atoms with Gasteiger partial charge in [-0.3, -0.25) is 4.79 Å². The number of carbonyl (C=O) groups is 1. The Bertz CT molecular complexity index is 737. The Morgan fingerprint density at radius 3 is 2.69 bits per heavy atom. The van der Waals surface area contributed by atoms with Gasteiger partial charge in [-0.15, -0.1) is 10.2 Å². The lowest BCUT2D eigenvalue weighted by Gasteiger charge is -2.20. The maximum atomic E-state index is 12.1. The molecule has 1 aromatic carbocycles. The van der Waals surface area contributed by atoms with E-state index in [4.69, 9.17) is 16.0 Å². The molecule has 0 N–H and O–H groups in total. The van der Waals surface area contributed by atoms with Crippen molar-refractivity contribution in [3.63, 3.8) is 0 Å². The second-order valence-electron chi connectivity index (χ2n) is 5.40. The molecule has 0 aliphatic heterocycles. The molecule has 0 saturated carbocycles. The van der Waals surface area contributed by atoms with Crippen LogP contribution < -0.4 is 0 Å². The number of benzene rings is 1.